The number of carboxylic acid groups (broad SMARTS) is 1. The molecule has 0 bridgehead atoms. The van der Waals surface area contributed by atoms with Crippen LogP contribution in [0.4, 0.5) is 0 Å². The molecule has 0 fully saturated rings. The van der Waals surface area contributed by atoms with Crippen molar-refractivity contribution in [3.63, 3.8) is 0 Å². The van der Waals surface area contributed by atoms with E-state index in [1.807, 2.05) is 6.07 Å². The predicted molar refractivity (Wildman–Crippen MR) is 69.0 cm³/mol. The number of nitrogens with zero attached hydrogens (tertiary/aromatic N) is 1. The highest BCUT2D eigenvalue weighted by Gasteiger charge is 2.10. The number of methoxy groups -OCH3 is 1. The first-order chi connectivity index (χ1) is 9.10. The quantitative estimate of drug-likeness (QED) is 0.914. The Morgan fingerprint density at radius 2 is 1.89 bits per heavy atom. The van der Waals surface area contributed by atoms with Crippen LogP contribution in [0, 0.1) is 6.92 Å². The summed E-state index contributed by atoms with van der Waals surface area (Å²) in [5, 5.41) is 8.99. The first kappa shape index (κ1) is 12.9. The molecule has 0 saturated carbocycles. The molecule has 5 heteroatoms. The standard InChI is InChI=1S/C14H13NO4/c1-9-7-10(14(16)17)8-13(15-9)19-12-6-4-3-5-11(12)18-2/h3-8H,1-2H3,(H,16,17). The highest BCUT2D eigenvalue weighted by molar-refractivity contribution is 5.88. The summed E-state index contributed by atoms with van der Waals surface area (Å²) in [6.07, 6.45) is 0. The summed E-state index contributed by atoms with van der Waals surface area (Å²) >= 11 is 0. The summed E-state index contributed by atoms with van der Waals surface area (Å²) in [6.45, 7) is 1.71. The minimum atomic E-state index is -1.02. The molecule has 0 radical (unpaired) electrons. The van der Waals surface area contributed by atoms with Crippen molar-refractivity contribution in [1.29, 1.82) is 0 Å². The Morgan fingerprint density at radius 3 is 2.53 bits per heavy atom. The highest BCUT2D eigenvalue weighted by atomic mass is 16.5. The van der Waals surface area contributed by atoms with Crippen LogP contribution in [-0.2, 0) is 0 Å². The fraction of sp³-hybridized carbons (Fsp3) is 0.143. The molecule has 2 aromatic rings. The summed E-state index contributed by atoms with van der Waals surface area (Å²) in [6, 6.07) is 9.95. The normalized spacial score (nSPS) is 10.0. The van der Waals surface area contributed by atoms with Crippen LogP contribution in [0.2, 0.25) is 0 Å². The van der Waals surface area contributed by atoms with E-state index in [0.717, 1.165) is 0 Å². The average molecular weight is 259 g/mol. The first-order valence-corrected chi connectivity index (χ1v) is 5.63. The molecule has 1 heterocycles. The van der Waals surface area contributed by atoms with Crippen LogP contribution in [-0.4, -0.2) is 23.2 Å². The van der Waals surface area contributed by atoms with E-state index in [1.54, 1.807) is 25.1 Å². The average Bonchev–Trinajstić information content (AvgIpc) is 2.38. The Balaban J connectivity index is 2.35. The van der Waals surface area contributed by atoms with Crippen molar-refractivity contribution in [2.45, 2.75) is 6.92 Å². The molecule has 0 amide bonds. The van der Waals surface area contributed by atoms with Crippen molar-refractivity contribution in [3.05, 3.63) is 47.7 Å². The lowest BCUT2D eigenvalue weighted by Gasteiger charge is -2.10. The van der Waals surface area contributed by atoms with Gasteiger partial charge in [0.25, 0.3) is 0 Å². The number of aromatic nitrogens is 1. The van der Waals surface area contributed by atoms with Gasteiger partial charge in [0, 0.05) is 11.8 Å². The lowest BCUT2D eigenvalue weighted by molar-refractivity contribution is 0.0696. The van der Waals surface area contributed by atoms with E-state index in [9.17, 15) is 4.79 Å². The topological polar surface area (TPSA) is 68.7 Å². The van der Waals surface area contributed by atoms with Crippen molar-refractivity contribution in [1.82, 2.24) is 4.98 Å². The molecular weight excluding hydrogens is 246 g/mol. The fourth-order valence-electron chi connectivity index (χ4n) is 1.63. The van der Waals surface area contributed by atoms with Crippen molar-refractivity contribution >= 4 is 5.97 Å². The van der Waals surface area contributed by atoms with Gasteiger partial charge in [0.2, 0.25) is 5.88 Å². The third-order valence-corrected chi connectivity index (χ3v) is 2.46. The smallest absolute Gasteiger partial charge is 0.335 e. The Morgan fingerprint density at radius 1 is 1.21 bits per heavy atom. The number of carboxylic acids is 1. The predicted octanol–water partition coefficient (Wildman–Crippen LogP) is 2.89. The van der Waals surface area contributed by atoms with E-state index in [1.165, 1.54) is 19.2 Å². The van der Waals surface area contributed by atoms with Crippen LogP contribution in [0.15, 0.2) is 36.4 Å². The maximum atomic E-state index is 11.0. The molecule has 0 aliphatic heterocycles. The SMILES string of the molecule is COc1ccccc1Oc1cc(C(=O)O)cc(C)n1. The second-order valence-corrected chi connectivity index (χ2v) is 3.89. The second kappa shape index (κ2) is 5.39. The van der Waals surface area contributed by atoms with Gasteiger partial charge < -0.3 is 14.6 Å². The van der Waals surface area contributed by atoms with Crippen LogP contribution in [0.1, 0.15) is 16.1 Å². The number of benzene rings is 1. The van der Waals surface area contributed by atoms with Crippen LogP contribution in [0.25, 0.3) is 0 Å². The molecule has 0 aliphatic rings. The van der Waals surface area contributed by atoms with Crippen LogP contribution < -0.4 is 9.47 Å². The molecule has 0 atom stereocenters. The van der Waals surface area contributed by atoms with E-state index < -0.39 is 5.97 Å². The second-order valence-electron chi connectivity index (χ2n) is 3.89. The number of rotatable bonds is 4. The van der Waals surface area contributed by atoms with Gasteiger partial charge in [-0.15, -0.1) is 0 Å². The largest absolute Gasteiger partial charge is 0.493 e. The van der Waals surface area contributed by atoms with Crippen molar-refractivity contribution in [2.75, 3.05) is 7.11 Å². The molecule has 1 aromatic heterocycles. The van der Waals surface area contributed by atoms with Crippen LogP contribution >= 0.6 is 0 Å². The molecule has 0 unspecified atom stereocenters. The third kappa shape index (κ3) is 3.01. The zero-order chi connectivity index (χ0) is 13.8. The summed E-state index contributed by atoms with van der Waals surface area (Å²) in [5.74, 6) is 0.249. The van der Waals surface area contributed by atoms with Gasteiger partial charge in [-0.3, -0.25) is 0 Å². The van der Waals surface area contributed by atoms with Crippen molar-refractivity contribution in [2.24, 2.45) is 0 Å². The van der Waals surface area contributed by atoms with Gasteiger partial charge in [0.1, 0.15) is 0 Å². The van der Waals surface area contributed by atoms with Crippen LogP contribution in [0.3, 0.4) is 0 Å². The van der Waals surface area contributed by atoms with Crippen molar-refractivity contribution in [3.8, 4) is 17.4 Å². The number of hydrogen-bond acceptors (Lipinski definition) is 4. The van der Waals surface area contributed by atoms with E-state index in [0.29, 0.717) is 17.2 Å². The van der Waals surface area contributed by atoms with E-state index >= 15 is 0 Å². The number of aryl methyl sites for hydroxylation is 1. The summed E-state index contributed by atoms with van der Waals surface area (Å²) in [4.78, 5) is 15.1. The van der Waals surface area contributed by atoms with Gasteiger partial charge in [-0.1, -0.05) is 12.1 Å². The molecule has 19 heavy (non-hydrogen) atoms. The fourth-order valence-corrected chi connectivity index (χ4v) is 1.63. The number of para-hydroxylation sites is 2. The third-order valence-electron chi connectivity index (χ3n) is 2.46. The molecule has 5 nitrogen and oxygen atoms in total. The molecule has 2 rings (SSSR count). The Hall–Kier alpha value is -2.56. The van der Waals surface area contributed by atoms with E-state index in [-0.39, 0.29) is 11.4 Å². The molecule has 1 aromatic carbocycles. The van der Waals surface area contributed by atoms with E-state index in [4.69, 9.17) is 14.6 Å². The number of hydrogen-bond donors (Lipinski definition) is 1. The highest BCUT2D eigenvalue weighted by Crippen LogP contribution is 2.30. The molecule has 1 N–H and O–H groups in total. The number of pyridine rings is 1. The van der Waals surface area contributed by atoms with E-state index in [2.05, 4.69) is 4.98 Å². The number of carbonyl (C=O) groups is 1. The maximum Gasteiger partial charge on any atom is 0.335 e. The molecule has 0 saturated heterocycles. The van der Waals surface area contributed by atoms with Crippen molar-refractivity contribution < 1.29 is 19.4 Å². The van der Waals surface area contributed by atoms with Gasteiger partial charge >= 0.3 is 5.97 Å². The van der Waals surface area contributed by atoms with Gasteiger partial charge in [0.15, 0.2) is 11.5 Å². The molecule has 98 valence electrons. The monoisotopic (exact) mass is 259 g/mol. The minimum absolute atomic E-state index is 0.136. The van der Waals surface area contributed by atoms with Gasteiger partial charge in [-0.2, -0.15) is 0 Å². The Labute approximate surface area is 110 Å². The number of ether oxygens (including phenoxy) is 2. The zero-order valence-electron chi connectivity index (χ0n) is 10.6. The van der Waals surface area contributed by atoms with Crippen LogP contribution in [0.5, 0.6) is 17.4 Å². The zero-order valence-corrected chi connectivity index (χ0v) is 10.6. The lowest BCUT2D eigenvalue weighted by atomic mass is 10.2. The Kier molecular flexibility index (Phi) is 3.66. The minimum Gasteiger partial charge on any atom is -0.493 e. The van der Waals surface area contributed by atoms with Gasteiger partial charge in [-0.25, -0.2) is 9.78 Å². The van der Waals surface area contributed by atoms with Gasteiger partial charge in [-0.05, 0) is 25.1 Å². The molecule has 0 aliphatic carbocycles. The first-order valence-electron chi connectivity index (χ1n) is 5.63. The molecule has 0 spiro atoms. The Bertz CT molecular complexity index is 610. The number of aromatic carboxylic acids is 1. The van der Waals surface area contributed by atoms with Gasteiger partial charge in [0.05, 0.1) is 12.7 Å². The maximum absolute atomic E-state index is 11.0. The summed E-state index contributed by atoms with van der Waals surface area (Å²) in [5.41, 5.74) is 0.710. The lowest BCUT2D eigenvalue weighted by Crippen LogP contribution is -2.00. The molecular formula is C14H13NO4. The summed E-state index contributed by atoms with van der Waals surface area (Å²) in [7, 11) is 1.54. The summed E-state index contributed by atoms with van der Waals surface area (Å²) < 4.78 is 10.7.